The summed E-state index contributed by atoms with van der Waals surface area (Å²) in [4.78, 5) is 22.2. The van der Waals surface area contributed by atoms with Crippen LogP contribution < -0.4 is 10.1 Å². The van der Waals surface area contributed by atoms with Crippen molar-refractivity contribution >= 4 is 5.91 Å². The topological polar surface area (TPSA) is 93.0 Å². The second kappa shape index (κ2) is 12.3. The largest absolute Gasteiger partial charge is 0.497 e. The molecule has 0 spiro atoms. The fourth-order valence-corrected chi connectivity index (χ4v) is 4.97. The van der Waals surface area contributed by atoms with Crippen LogP contribution in [0.25, 0.3) is 11.4 Å². The van der Waals surface area contributed by atoms with Crippen molar-refractivity contribution in [2.75, 3.05) is 46.5 Å². The Morgan fingerprint density at radius 3 is 2.68 bits per heavy atom. The molecule has 196 valence electrons. The highest BCUT2D eigenvalue weighted by molar-refractivity contribution is 5.79. The van der Waals surface area contributed by atoms with Gasteiger partial charge in [-0.2, -0.15) is 4.98 Å². The number of hydrogen-bond acceptors (Lipinski definition) is 8. The van der Waals surface area contributed by atoms with Crippen molar-refractivity contribution in [3.63, 3.8) is 0 Å². The van der Waals surface area contributed by atoms with Gasteiger partial charge in [0.2, 0.25) is 17.6 Å². The molecule has 3 aromatic rings. The number of nitrogens with one attached hydrogen (secondary N) is 1. The Morgan fingerprint density at radius 1 is 1.05 bits per heavy atom. The quantitative estimate of drug-likeness (QED) is 0.474. The molecule has 2 aliphatic rings. The summed E-state index contributed by atoms with van der Waals surface area (Å²) >= 11 is 0. The maximum absolute atomic E-state index is 13.0. The number of carbonyl (C=O) groups is 1. The number of ether oxygens (including phenoxy) is 2. The van der Waals surface area contributed by atoms with Crippen LogP contribution in [0.3, 0.4) is 0 Å². The SMILES string of the molecule is COc1ccc(-c2noc(CN3CCCC(C(=O)NCc4cccc(CN5CCOCC5)c4)C3)n2)cc1. The Kier molecular flexibility index (Phi) is 8.45. The first-order valence-electron chi connectivity index (χ1n) is 13.0. The van der Waals surface area contributed by atoms with E-state index in [0.717, 1.165) is 69.1 Å². The summed E-state index contributed by atoms with van der Waals surface area (Å²) in [7, 11) is 1.64. The van der Waals surface area contributed by atoms with E-state index in [9.17, 15) is 4.79 Å². The molecule has 0 saturated carbocycles. The standard InChI is InChI=1S/C28H35N5O4/c1-35-25-9-7-23(8-10-25)27-30-26(37-31-27)20-33-11-3-6-24(19-33)28(34)29-17-21-4-2-5-22(16-21)18-32-12-14-36-15-13-32/h2,4-5,7-10,16,24H,3,6,11-15,17-20H2,1H3,(H,29,34). The molecule has 2 aromatic carbocycles. The van der Waals surface area contributed by atoms with Crippen LogP contribution in [0.15, 0.2) is 53.1 Å². The van der Waals surface area contributed by atoms with Gasteiger partial charge in [-0.3, -0.25) is 14.6 Å². The lowest BCUT2D eigenvalue weighted by Gasteiger charge is -2.30. The zero-order valence-corrected chi connectivity index (χ0v) is 21.4. The Hall–Kier alpha value is -3.27. The Balaban J connectivity index is 1.11. The number of methoxy groups -OCH3 is 1. The monoisotopic (exact) mass is 505 g/mol. The molecule has 2 saturated heterocycles. The van der Waals surface area contributed by atoms with E-state index in [-0.39, 0.29) is 11.8 Å². The molecule has 0 aliphatic carbocycles. The molecule has 1 aromatic heterocycles. The minimum absolute atomic E-state index is 0.0470. The molecule has 2 aliphatic heterocycles. The second-order valence-corrected chi connectivity index (χ2v) is 9.74. The summed E-state index contributed by atoms with van der Waals surface area (Å²) in [5, 5.41) is 7.28. The number of morpholine rings is 1. The van der Waals surface area contributed by atoms with Crippen LogP contribution >= 0.6 is 0 Å². The molecule has 9 nitrogen and oxygen atoms in total. The molecule has 0 bridgehead atoms. The van der Waals surface area contributed by atoms with E-state index in [2.05, 4.69) is 49.5 Å². The smallest absolute Gasteiger partial charge is 0.241 e. The molecule has 0 radical (unpaired) electrons. The average molecular weight is 506 g/mol. The zero-order chi connectivity index (χ0) is 25.5. The normalized spacial score (nSPS) is 19.0. The van der Waals surface area contributed by atoms with E-state index in [4.69, 9.17) is 14.0 Å². The van der Waals surface area contributed by atoms with Gasteiger partial charge in [0.25, 0.3) is 0 Å². The van der Waals surface area contributed by atoms with Crippen molar-refractivity contribution < 1.29 is 18.8 Å². The first kappa shape index (κ1) is 25.4. The summed E-state index contributed by atoms with van der Waals surface area (Å²) in [6.45, 7) is 7.11. The van der Waals surface area contributed by atoms with Crippen LogP contribution in [0.2, 0.25) is 0 Å². The van der Waals surface area contributed by atoms with E-state index < -0.39 is 0 Å². The first-order valence-corrected chi connectivity index (χ1v) is 13.0. The molecular formula is C28H35N5O4. The summed E-state index contributed by atoms with van der Waals surface area (Å²) in [5.41, 5.74) is 3.27. The number of amides is 1. The third kappa shape index (κ3) is 6.94. The lowest BCUT2D eigenvalue weighted by molar-refractivity contribution is -0.127. The molecule has 1 amide bonds. The third-order valence-corrected chi connectivity index (χ3v) is 7.02. The average Bonchev–Trinajstić information content (AvgIpc) is 3.41. The predicted octanol–water partition coefficient (Wildman–Crippen LogP) is 3.11. The maximum Gasteiger partial charge on any atom is 0.241 e. The Morgan fingerprint density at radius 2 is 1.86 bits per heavy atom. The molecule has 1 atom stereocenters. The molecule has 3 heterocycles. The van der Waals surface area contributed by atoms with Gasteiger partial charge in [-0.1, -0.05) is 29.4 Å². The highest BCUT2D eigenvalue weighted by atomic mass is 16.5. The summed E-state index contributed by atoms with van der Waals surface area (Å²) in [5.74, 6) is 1.96. The van der Waals surface area contributed by atoms with E-state index in [1.807, 2.05) is 24.3 Å². The van der Waals surface area contributed by atoms with Crippen LogP contribution in [0, 0.1) is 5.92 Å². The van der Waals surface area contributed by atoms with Gasteiger partial charge in [0.05, 0.1) is 32.8 Å². The summed E-state index contributed by atoms with van der Waals surface area (Å²) in [6.07, 6.45) is 1.85. The number of aromatic nitrogens is 2. The first-order chi connectivity index (χ1) is 18.2. The lowest BCUT2D eigenvalue weighted by atomic mass is 9.97. The number of rotatable bonds is 9. The van der Waals surface area contributed by atoms with Gasteiger partial charge in [0.15, 0.2) is 0 Å². The summed E-state index contributed by atoms with van der Waals surface area (Å²) < 4.78 is 16.1. The van der Waals surface area contributed by atoms with E-state index >= 15 is 0 Å². The Bertz CT molecular complexity index is 1160. The van der Waals surface area contributed by atoms with Crippen molar-refractivity contribution in [3.8, 4) is 17.1 Å². The molecule has 9 heteroatoms. The van der Waals surface area contributed by atoms with Gasteiger partial charge in [-0.15, -0.1) is 0 Å². The molecule has 2 fully saturated rings. The van der Waals surface area contributed by atoms with E-state index in [1.165, 1.54) is 5.56 Å². The number of benzene rings is 2. The number of nitrogens with zero attached hydrogens (tertiary/aromatic N) is 4. The van der Waals surface area contributed by atoms with Crippen molar-refractivity contribution in [2.45, 2.75) is 32.5 Å². The van der Waals surface area contributed by atoms with Crippen LogP contribution in [0.4, 0.5) is 0 Å². The van der Waals surface area contributed by atoms with Gasteiger partial charge >= 0.3 is 0 Å². The minimum Gasteiger partial charge on any atom is -0.497 e. The molecule has 1 N–H and O–H groups in total. The number of piperidine rings is 1. The van der Waals surface area contributed by atoms with Crippen LogP contribution in [0.1, 0.15) is 29.9 Å². The van der Waals surface area contributed by atoms with Crippen molar-refractivity contribution in [3.05, 3.63) is 65.5 Å². The predicted molar refractivity (Wildman–Crippen MR) is 139 cm³/mol. The van der Waals surface area contributed by atoms with Crippen LogP contribution in [0.5, 0.6) is 5.75 Å². The number of carbonyl (C=O) groups excluding carboxylic acids is 1. The molecule has 1 unspecified atom stereocenters. The van der Waals surface area contributed by atoms with Gasteiger partial charge in [0, 0.05) is 38.3 Å². The number of hydrogen-bond donors (Lipinski definition) is 1. The van der Waals surface area contributed by atoms with Gasteiger partial charge in [-0.05, 0) is 54.8 Å². The highest BCUT2D eigenvalue weighted by Crippen LogP contribution is 2.22. The van der Waals surface area contributed by atoms with Gasteiger partial charge < -0.3 is 19.3 Å². The molecule has 5 rings (SSSR count). The number of likely N-dealkylation sites (tertiary alicyclic amines) is 1. The third-order valence-electron chi connectivity index (χ3n) is 7.02. The summed E-state index contributed by atoms with van der Waals surface area (Å²) in [6, 6.07) is 16.1. The second-order valence-electron chi connectivity index (χ2n) is 9.74. The van der Waals surface area contributed by atoms with Crippen LogP contribution in [-0.4, -0.2) is 72.4 Å². The van der Waals surface area contributed by atoms with Crippen molar-refractivity contribution in [1.29, 1.82) is 0 Å². The van der Waals surface area contributed by atoms with Crippen LogP contribution in [-0.2, 0) is 29.2 Å². The maximum atomic E-state index is 13.0. The Labute approximate surface area is 217 Å². The van der Waals surface area contributed by atoms with Gasteiger partial charge in [0.1, 0.15) is 5.75 Å². The fourth-order valence-electron chi connectivity index (χ4n) is 4.97. The zero-order valence-electron chi connectivity index (χ0n) is 21.4. The van der Waals surface area contributed by atoms with Gasteiger partial charge in [-0.25, -0.2) is 0 Å². The van der Waals surface area contributed by atoms with Crippen molar-refractivity contribution in [1.82, 2.24) is 25.3 Å². The molecule has 37 heavy (non-hydrogen) atoms. The fraction of sp³-hybridized carbons (Fsp3) is 0.464. The molecular weight excluding hydrogens is 470 g/mol. The lowest BCUT2D eigenvalue weighted by Crippen LogP contribution is -2.42. The van der Waals surface area contributed by atoms with Crippen molar-refractivity contribution in [2.24, 2.45) is 5.92 Å². The van der Waals surface area contributed by atoms with E-state index in [0.29, 0.717) is 31.3 Å². The van der Waals surface area contributed by atoms with E-state index in [1.54, 1.807) is 7.11 Å². The minimum atomic E-state index is -0.0470. The highest BCUT2D eigenvalue weighted by Gasteiger charge is 2.27.